The van der Waals surface area contributed by atoms with E-state index in [0.717, 1.165) is 53.2 Å². The SMILES string of the molecule is O=C(NC12CCCC3CC(CC3C1)C2)c1cn(Cc2ccc(Cl)cc2)n(-c2ccc(Br)cc2)c1=O. The Balaban J connectivity index is 1.35. The average molecular weight is 555 g/mol. The van der Waals surface area contributed by atoms with Crippen molar-refractivity contribution in [1.82, 2.24) is 14.7 Å². The van der Waals surface area contributed by atoms with Crippen molar-refractivity contribution in [2.75, 3.05) is 0 Å². The van der Waals surface area contributed by atoms with Gasteiger partial charge in [-0.05, 0) is 91.8 Å². The predicted octanol–water partition coefficient (Wildman–Crippen LogP) is 6.19. The molecule has 3 aromatic rings. The maximum atomic E-state index is 13.7. The number of halogens is 2. The van der Waals surface area contributed by atoms with Crippen molar-refractivity contribution in [3.8, 4) is 5.69 Å². The van der Waals surface area contributed by atoms with E-state index in [-0.39, 0.29) is 22.6 Å². The maximum absolute atomic E-state index is 13.7. The summed E-state index contributed by atoms with van der Waals surface area (Å²) in [5, 5.41) is 4.06. The molecule has 5 nitrogen and oxygen atoms in total. The summed E-state index contributed by atoms with van der Waals surface area (Å²) in [6.45, 7) is 0.451. The number of amides is 1. The number of carbonyl (C=O) groups is 1. The zero-order chi connectivity index (χ0) is 24.2. The lowest BCUT2D eigenvalue weighted by molar-refractivity contribution is 0.0823. The average Bonchev–Trinajstić information content (AvgIpc) is 3.26. The van der Waals surface area contributed by atoms with Gasteiger partial charge in [-0.1, -0.05) is 52.5 Å². The lowest BCUT2D eigenvalue weighted by Gasteiger charge is -2.40. The second kappa shape index (κ2) is 8.97. The van der Waals surface area contributed by atoms with Gasteiger partial charge in [0.15, 0.2) is 0 Å². The minimum absolute atomic E-state index is 0.164. The van der Waals surface area contributed by atoms with Gasteiger partial charge in [-0.3, -0.25) is 14.3 Å². The van der Waals surface area contributed by atoms with Crippen LogP contribution in [0.4, 0.5) is 0 Å². The molecule has 6 rings (SSSR count). The molecule has 4 atom stereocenters. The Kier molecular flexibility index (Phi) is 5.92. The monoisotopic (exact) mass is 553 g/mol. The Hall–Kier alpha value is -2.31. The normalized spacial score (nSPS) is 27.1. The first-order valence-corrected chi connectivity index (χ1v) is 13.7. The Bertz CT molecular complexity index is 1310. The maximum Gasteiger partial charge on any atom is 0.284 e. The Morgan fingerprint density at radius 2 is 1.80 bits per heavy atom. The second-order valence-corrected chi connectivity index (χ2v) is 12.1. The second-order valence-electron chi connectivity index (χ2n) is 10.8. The summed E-state index contributed by atoms with van der Waals surface area (Å²) in [6, 6.07) is 15.1. The molecule has 4 unspecified atom stereocenters. The molecule has 3 aliphatic rings. The van der Waals surface area contributed by atoms with Gasteiger partial charge >= 0.3 is 0 Å². The standard InChI is InChI=1S/C28H29BrClN3O2/c29-22-5-9-24(10-6-22)33-27(35)25(17-32(33)16-18-3-7-23(30)8-4-18)26(34)31-28-11-1-2-20-12-19(14-28)13-21(20)15-28/h3-10,17,19-21H,1-2,11-16H2,(H,31,34). The van der Waals surface area contributed by atoms with Crippen molar-refractivity contribution >= 4 is 33.4 Å². The van der Waals surface area contributed by atoms with Gasteiger partial charge in [-0.2, -0.15) is 0 Å². The molecule has 0 spiro atoms. The summed E-state index contributed by atoms with van der Waals surface area (Å²) in [5.41, 5.74) is 1.47. The van der Waals surface area contributed by atoms with Gasteiger partial charge in [0.25, 0.3) is 11.5 Å². The highest BCUT2D eigenvalue weighted by molar-refractivity contribution is 9.10. The Morgan fingerprint density at radius 1 is 1.06 bits per heavy atom. The summed E-state index contributed by atoms with van der Waals surface area (Å²) in [5.74, 6) is 2.03. The van der Waals surface area contributed by atoms with Crippen molar-refractivity contribution in [2.45, 2.75) is 57.0 Å². The largest absolute Gasteiger partial charge is 0.346 e. The van der Waals surface area contributed by atoms with Crippen LogP contribution in [0.15, 0.2) is 64.0 Å². The van der Waals surface area contributed by atoms with Gasteiger partial charge in [-0.25, -0.2) is 4.68 Å². The van der Waals surface area contributed by atoms with E-state index >= 15 is 0 Å². The first-order chi connectivity index (χ1) is 16.9. The first-order valence-electron chi connectivity index (χ1n) is 12.5. The van der Waals surface area contributed by atoms with Crippen LogP contribution in [-0.4, -0.2) is 20.8 Å². The van der Waals surface area contributed by atoms with Gasteiger partial charge < -0.3 is 5.32 Å². The van der Waals surface area contributed by atoms with E-state index in [0.29, 0.717) is 17.5 Å². The number of nitrogens with one attached hydrogen (secondary N) is 1. The van der Waals surface area contributed by atoms with Crippen LogP contribution in [0.3, 0.4) is 0 Å². The number of nitrogens with zero attached hydrogens (tertiary/aromatic N) is 2. The van der Waals surface area contributed by atoms with E-state index in [9.17, 15) is 9.59 Å². The minimum Gasteiger partial charge on any atom is -0.346 e. The molecule has 0 saturated heterocycles. The van der Waals surface area contributed by atoms with Crippen molar-refractivity contribution in [1.29, 1.82) is 0 Å². The molecule has 1 N–H and O–H groups in total. The molecule has 182 valence electrons. The number of carbonyl (C=O) groups excluding carboxylic acids is 1. The van der Waals surface area contributed by atoms with Gasteiger partial charge in [0, 0.05) is 21.2 Å². The molecule has 0 radical (unpaired) electrons. The lowest BCUT2D eigenvalue weighted by atomic mass is 9.73. The van der Waals surface area contributed by atoms with Crippen LogP contribution in [-0.2, 0) is 6.54 Å². The van der Waals surface area contributed by atoms with Crippen LogP contribution in [0.1, 0.15) is 60.9 Å². The summed E-state index contributed by atoms with van der Waals surface area (Å²) in [4.78, 5) is 27.3. The highest BCUT2D eigenvalue weighted by Crippen LogP contribution is 2.55. The third-order valence-corrected chi connectivity index (χ3v) is 9.19. The van der Waals surface area contributed by atoms with Gasteiger partial charge in [0.2, 0.25) is 0 Å². The highest BCUT2D eigenvalue weighted by Gasteiger charge is 2.50. The molecule has 1 heterocycles. The molecule has 1 aromatic heterocycles. The van der Waals surface area contributed by atoms with Crippen LogP contribution in [0.25, 0.3) is 5.69 Å². The number of aromatic nitrogens is 2. The Labute approximate surface area is 218 Å². The number of benzene rings is 2. The number of hydrogen-bond acceptors (Lipinski definition) is 2. The van der Waals surface area contributed by atoms with Crippen LogP contribution in [0.2, 0.25) is 5.02 Å². The fourth-order valence-electron chi connectivity index (χ4n) is 7.01. The van der Waals surface area contributed by atoms with Crippen molar-refractivity contribution in [3.63, 3.8) is 0 Å². The number of hydrogen-bond donors (Lipinski definition) is 1. The fraction of sp³-hybridized carbons (Fsp3) is 0.429. The predicted molar refractivity (Wildman–Crippen MR) is 141 cm³/mol. The molecule has 3 fully saturated rings. The summed E-state index contributed by atoms with van der Waals surface area (Å²) < 4.78 is 4.36. The molecule has 1 amide bonds. The van der Waals surface area contributed by atoms with E-state index in [2.05, 4.69) is 21.2 Å². The van der Waals surface area contributed by atoms with E-state index < -0.39 is 0 Å². The van der Waals surface area contributed by atoms with E-state index in [1.165, 1.54) is 19.3 Å². The molecule has 3 bridgehead atoms. The van der Waals surface area contributed by atoms with Gasteiger partial charge in [0.1, 0.15) is 5.56 Å². The lowest BCUT2D eigenvalue weighted by Crippen LogP contribution is -2.52. The van der Waals surface area contributed by atoms with E-state index in [1.54, 1.807) is 10.9 Å². The molecule has 35 heavy (non-hydrogen) atoms. The number of rotatable bonds is 5. The molecule has 3 saturated carbocycles. The molecular formula is C28H29BrClN3O2. The summed E-state index contributed by atoms with van der Waals surface area (Å²) in [6.07, 6.45) is 9.93. The summed E-state index contributed by atoms with van der Waals surface area (Å²) >= 11 is 9.53. The van der Waals surface area contributed by atoms with Crippen molar-refractivity contribution in [3.05, 3.63) is 85.7 Å². The molecular weight excluding hydrogens is 526 g/mol. The molecule has 2 aromatic carbocycles. The highest BCUT2D eigenvalue weighted by atomic mass is 79.9. The van der Waals surface area contributed by atoms with Crippen LogP contribution < -0.4 is 10.9 Å². The van der Waals surface area contributed by atoms with Crippen LogP contribution in [0, 0.1) is 17.8 Å². The Morgan fingerprint density at radius 3 is 2.57 bits per heavy atom. The molecule has 3 aliphatic carbocycles. The summed E-state index contributed by atoms with van der Waals surface area (Å²) in [7, 11) is 0. The zero-order valence-corrected chi connectivity index (χ0v) is 21.9. The van der Waals surface area contributed by atoms with Crippen molar-refractivity contribution in [2.24, 2.45) is 17.8 Å². The van der Waals surface area contributed by atoms with E-state index in [1.807, 2.05) is 53.2 Å². The van der Waals surface area contributed by atoms with Crippen molar-refractivity contribution < 1.29 is 4.79 Å². The third-order valence-electron chi connectivity index (χ3n) is 8.41. The molecule has 0 aliphatic heterocycles. The van der Waals surface area contributed by atoms with E-state index in [4.69, 9.17) is 11.6 Å². The third kappa shape index (κ3) is 4.40. The quantitative estimate of drug-likeness (QED) is 0.409. The topological polar surface area (TPSA) is 56.0 Å². The fourth-order valence-corrected chi connectivity index (χ4v) is 7.40. The number of fused-ring (bicyclic) bond motifs is 2. The van der Waals surface area contributed by atoms with Crippen LogP contribution in [0.5, 0.6) is 0 Å². The minimum atomic E-state index is -0.291. The zero-order valence-electron chi connectivity index (χ0n) is 19.6. The smallest absolute Gasteiger partial charge is 0.284 e. The first kappa shape index (κ1) is 23.1. The molecule has 7 heteroatoms. The van der Waals surface area contributed by atoms with Crippen LogP contribution >= 0.6 is 27.5 Å². The van der Waals surface area contributed by atoms with Gasteiger partial charge in [0.05, 0.1) is 12.2 Å². The van der Waals surface area contributed by atoms with Gasteiger partial charge in [-0.15, -0.1) is 0 Å².